The van der Waals surface area contributed by atoms with Gasteiger partial charge in [0.15, 0.2) is 0 Å². The Kier molecular flexibility index (Phi) is 4.87. The van der Waals surface area contributed by atoms with Crippen molar-refractivity contribution < 1.29 is 0 Å². The molecule has 0 nitrogen and oxygen atoms in total. The van der Waals surface area contributed by atoms with Crippen LogP contribution >= 0.6 is 0 Å². The monoisotopic (exact) mass is 204 g/mol. The highest BCUT2D eigenvalue weighted by Crippen LogP contribution is 2.29. The predicted molar refractivity (Wildman–Crippen MR) is 68.8 cm³/mol. The molecule has 0 aliphatic heterocycles. The van der Waals surface area contributed by atoms with Gasteiger partial charge in [-0.15, -0.1) is 0 Å². The third kappa shape index (κ3) is 4.51. The van der Waals surface area contributed by atoms with Gasteiger partial charge < -0.3 is 0 Å². The van der Waals surface area contributed by atoms with Crippen LogP contribution in [0, 0.1) is 11.8 Å². The SMILES string of the molecule is C=C1C=C[C@@H](C(C)CCC=C(C)C)CC1. The summed E-state index contributed by atoms with van der Waals surface area (Å²) >= 11 is 0. The summed E-state index contributed by atoms with van der Waals surface area (Å²) < 4.78 is 0. The second kappa shape index (κ2) is 5.95. The van der Waals surface area contributed by atoms with Crippen molar-refractivity contribution in [2.75, 3.05) is 0 Å². The Morgan fingerprint density at radius 1 is 1.60 bits per heavy atom. The van der Waals surface area contributed by atoms with Crippen molar-refractivity contribution in [3.05, 3.63) is 36.0 Å². The number of rotatable bonds is 4. The Balaban J connectivity index is 2.34. The molecule has 0 aromatic rings. The van der Waals surface area contributed by atoms with E-state index < -0.39 is 0 Å². The Morgan fingerprint density at radius 2 is 2.33 bits per heavy atom. The summed E-state index contributed by atoms with van der Waals surface area (Å²) in [5, 5.41) is 0. The second-order valence-electron chi connectivity index (χ2n) is 5.06. The van der Waals surface area contributed by atoms with Crippen molar-refractivity contribution in [1.82, 2.24) is 0 Å². The maximum atomic E-state index is 4.00. The van der Waals surface area contributed by atoms with Gasteiger partial charge in [-0.25, -0.2) is 0 Å². The minimum absolute atomic E-state index is 0.779. The topological polar surface area (TPSA) is 0 Å². The first-order chi connectivity index (χ1) is 7.09. The molecule has 0 aromatic heterocycles. The second-order valence-corrected chi connectivity index (χ2v) is 5.06. The summed E-state index contributed by atoms with van der Waals surface area (Å²) in [6, 6.07) is 0. The van der Waals surface area contributed by atoms with Gasteiger partial charge in [0, 0.05) is 0 Å². The fourth-order valence-corrected chi connectivity index (χ4v) is 2.11. The van der Waals surface area contributed by atoms with E-state index in [1.165, 1.54) is 36.8 Å². The largest absolute Gasteiger partial charge is 0.0958 e. The minimum atomic E-state index is 0.779. The first kappa shape index (κ1) is 12.3. The summed E-state index contributed by atoms with van der Waals surface area (Å²) in [6.45, 7) is 10.7. The van der Waals surface area contributed by atoms with E-state index in [4.69, 9.17) is 0 Å². The van der Waals surface area contributed by atoms with Crippen LogP contribution in [0.15, 0.2) is 36.0 Å². The Hall–Kier alpha value is -0.780. The highest BCUT2D eigenvalue weighted by molar-refractivity contribution is 5.19. The van der Waals surface area contributed by atoms with Crippen LogP contribution < -0.4 is 0 Å². The Labute approximate surface area is 94.8 Å². The summed E-state index contributed by atoms with van der Waals surface area (Å²) in [4.78, 5) is 0. The highest BCUT2D eigenvalue weighted by Gasteiger charge is 2.16. The summed E-state index contributed by atoms with van der Waals surface area (Å²) in [5.41, 5.74) is 2.73. The molecule has 2 atom stereocenters. The molecule has 0 heterocycles. The van der Waals surface area contributed by atoms with Crippen molar-refractivity contribution in [3.63, 3.8) is 0 Å². The van der Waals surface area contributed by atoms with Crippen molar-refractivity contribution in [2.45, 2.75) is 46.5 Å². The lowest BCUT2D eigenvalue weighted by molar-refractivity contribution is 0.377. The van der Waals surface area contributed by atoms with Crippen LogP contribution in [0.2, 0.25) is 0 Å². The molecular weight excluding hydrogens is 180 g/mol. The number of allylic oxidation sites excluding steroid dienone is 5. The van der Waals surface area contributed by atoms with E-state index in [1.54, 1.807) is 0 Å². The van der Waals surface area contributed by atoms with E-state index in [2.05, 4.69) is 45.6 Å². The molecule has 1 aliphatic rings. The average molecular weight is 204 g/mol. The van der Waals surface area contributed by atoms with Crippen LogP contribution in [0.25, 0.3) is 0 Å². The van der Waals surface area contributed by atoms with Crippen LogP contribution in [0.5, 0.6) is 0 Å². The third-order valence-corrected chi connectivity index (χ3v) is 3.28. The van der Waals surface area contributed by atoms with Gasteiger partial charge in [0.1, 0.15) is 0 Å². The van der Waals surface area contributed by atoms with E-state index >= 15 is 0 Å². The molecule has 0 saturated heterocycles. The normalized spacial score (nSPS) is 22.6. The molecule has 0 bridgehead atoms. The molecule has 0 fully saturated rings. The molecule has 0 saturated carbocycles. The lowest BCUT2D eigenvalue weighted by Crippen LogP contribution is -2.12. The van der Waals surface area contributed by atoms with Crippen LogP contribution in [0.3, 0.4) is 0 Å². The molecular formula is C15H24. The van der Waals surface area contributed by atoms with E-state index in [0.717, 1.165) is 11.8 Å². The van der Waals surface area contributed by atoms with Gasteiger partial charge in [0.05, 0.1) is 0 Å². The lowest BCUT2D eigenvalue weighted by Gasteiger charge is -2.23. The molecule has 0 radical (unpaired) electrons. The summed E-state index contributed by atoms with van der Waals surface area (Å²) in [5.74, 6) is 1.59. The lowest BCUT2D eigenvalue weighted by atomic mass is 9.82. The molecule has 1 unspecified atom stereocenters. The van der Waals surface area contributed by atoms with Gasteiger partial charge in [-0.2, -0.15) is 0 Å². The fourth-order valence-electron chi connectivity index (χ4n) is 2.11. The zero-order valence-electron chi connectivity index (χ0n) is 10.4. The van der Waals surface area contributed by atoms with Gasteiger partial charge in [-0.05, 0) is 51.4 Å². The average Bonchev–Trinajstić information content (AvgIpc) is 2.18. The van der Waals surface area contributed by atoms with Crippen LogP contribution in [0.1, 0.15) is 46.5 Å². The molecule has 84 valence electrons. The molecule has 0 amide bonds. The van der Waals surface area contributed by atoms with Gasteiger partial charge in [-0.1, -0.05) is 42.9 Å². The van der Waals surface area contributed by atoms with Gasteiger partial charge in [0.25, 0.3) is 0 Å². The zero-order chi connectivity index (χ0) is 11.3. The minimum Gasteiger partial charge on any atom is -0.0958 e. The maximum absolute atomic E-state index is 4.00. The zero-order valence-corrected chi connectivity index (χ0v) is 10.4. The molecule has 0 aromatic carbocycles. The maximum Gasteiger partial charge on any atom is -0.0201 e. The smallest absolute Gasteiger partial charge is 0.0201 e. The molecule has 1 aliphatic carbocycles. The van der Waals surface area contributed by atoms with Crippen LogP contribution in [0.4, 0.5) is 0 Å². The quantitative estimate of drug-likeness (QED) is 0.572. The predicted octanol–water partition coefficient (Wildman–Crippen LogP) is 4.89. The molecule has 15 heavy (non-hydrogen) atoms. The van der Waals surface area contributed by atoms with Crippen LogP contribution in [-0.4, -0.2) is 0 Å². The number of hydrogen-bond acceptors (Lipinski definition) is 0. The standard InChI is InChI=1S/C15H24/c1-12(2)6-5-7-14(4)15-10-8-13(3)9-11-15/h6,8,10,14-15H,3,5,7,9,11H2,1-2,4H3/t14?,15-/m1/s1. The first-order valence-corrected chi connectivity index (χ1v) is 6.09. The summed E-state index contributed by atoms with van der Waals surface area (Å²) in [7, 11) is 0. The third-order valence-electron chi connectivity index (χ3n) is 3.28. The van der Waals surface area contributed by atoms with E-state index in [0.29, 0.717) is 0 Å². The Morgan fingerprint density at radius 3 is 2.87 bits per heavy atom. The molecule has 1 rings (SSSR count). The molecule has 0 N–H and O–H groups in total. The number of hydrogen-bond donors (Lipinski definition) is 0. The van der Waals surface area contributed by atoms with Gasteiger partial charge in [-0.3, -0.25) is 0 Å². The van der Waals surface area contributed by atoms with E-state index in [-0.39, 0.29) is 0 Å². The van der Waals surface area contributed by atoms with E-state index in [1.807, 2.05) is 0 Å². The van der Waals surface area contributed by atoms with Crippen molar-refractivity contribution >= 4 is 0 Å². The molecule has 0 spiro atoms. The molecule has 0 heteroatoms. The van der Waals surface area contributed by atoms with E-state index in [9.17, 15) is 0 Å². The van der Waals surface area contributed by atoms with Crippen LogP contribution in [-0.2, 0) is 0 Å². The fraction of sp³-hybridized carbons (Fsp3) is 0.600. The summed E-state index contributed by atoms with van der Waals surface area (Å²) in [6.07, 6.45) is 12.0. The highest BCUT2D eigenvalue weighted by atomic mass is 14.2. The van der Waals surface area contributed by atoms with Crippen molar-refractivity contribution in [3.8, 4) is 0 Å². The van der Waals surface area contributed by atoms with Gasteiger partial charge >= 0.3 is 0 Å². The Bertz CT molecular complexity index is 264. The van der Waals surface area contributed by atoms with Crippen molar-refractivity contribution in [1.29, 1.82) is 0 Å². The van der Waals surface area contributed by atoms with Gasteiger partial charge in [0.2, 0.25) is 0 Å². The van der Waals surface area contributed by atoms with Crippen molar-refractivity contribution in [2.24, 2.45) is 11.8 Å². The first-order valence-electron chi connectivity index (χ1n) is 6.09.